The molecule has 0 aliphatic rings. The van der Waals surface area contributed by atoms with Crippen molar-refractivity contribution in [2.45, 2.75) is 52.4 Å². The Morgan fingerprint density at radius 1 is 0.786 bits per heavy atom. The van der Waals surface area contributed by atoms with E-state index < -0.39 is 0 Å². The van der Waals surface area contributed by atoms with Gasteiger partial charge in [-0.15, -0.1) is 0 Å². The SMILES string of the molecule is CCCC/C=C/C#C/C=C/CCCC. The van der Waals surface area contributed by atoms with Crippen LogP contribution in [-0.2, 0) is 0 Å². The van der Waals surface area contributed by atoms with Crippen LogP contribution in [0.15, 0.2) is 24.3 Å². The Labute approximate surface area is 89.1 Å². The van der Waals surface area contributed by atoms with Gasteiger partial charge in [-0.1, -0.05) is 63.5 Å². The maximum Gasteiger partial charge on any atom is -0.0155 e. The quantitative estimate of drug-likeness (QED) is 0.428. The standard InChI is InChI=1S/C14H22/c1-3-5-7-9-11-13-14-12-10-8-6-4-2/h9-12H,3-8H2,1-2H3/b11-9+,12-10+. The third-order valence-corrected chi connectivity index (χ3v) is 1.93. The van der Waals surface area contributed by atoms with E-state index in [1.807, 2.05) is 12.2 Å². The number of rotatable bonds is 6. The molecule has 0 spiro atoms. The van der Waals surface area contributed by atoms with E-state index in [1.165, 1.54) is 25.7 Å². The van der Waals surface area contributed by atoms with Gasteiger partial charge in [0.25, 0.3) is 0 Å². The van der Waals surface area contributed by atoms with Gasteiger partial charge in [0.15, 0.2) is 0 Å². The minimum atomic E-state index is 1.16. The second-order valence-corrected chi connectivity index (χ2v) is 3.38. The van der Waals surface area contributed by atoms with E-state index in [0.717, 1.165) is 12.8 Å². The molecule has 0 amide bonds. The average molecular weight is 190 g/mol. The first-order valence-corrected chi connectivity index (χ1v) is 5.72. The fourth-order valence-electron chi connectivity index (χ4n) is 1.02. The van der Waals surface area contributed by atoms with E-state index >= 15 is 0 Å². The molecule has 0 radical (unpaired) electrons. The molecule has 78 valence electrons. The van der Waals surface area contributed by atoms with E-state index in [0.29, 0.717) is 0 Å². The zero-order valence-corrected chi connectivity index (χ0v) is 9.55. The fourth-order valence-corrected chi connectivity index (χ4v) is 1.02. The zero-order valence-electron chi connectivity index (χ0n) is 9.55. The molecule has 0 aromatic rings. The van der Waals surface area contributed by atoms with Crippen LogP contribution in [0, 0.1) is 11.8 Å². The molecule has 0 bridgehead atoms. The molecule has 0 saturated carbocycles. The van der Waals surface area contributed by atoms with Gasteiger partial charge in [-0.2, -0.15) is 0 Å². The van der Waals surface area contributed by atoms with Gasteiger partial charge in [0.1, 0.15) is 0 Å². The Morgan fingerprint density at radius 3 is 1.57 bits per heavy atom. The van der Waals surface area contributed by atoms with Crippen molar-refractivity contribution in [3.63, 3.8) is 0 Å². The van der Waals surface area contributed by atoms with Crippen molar-refractivity contribution in [3.05, 3.63) is 24.3 Å². The Balaban J connectivity index is 3.42. The molecular formula is C14H22. The van der Waals surface area contributed by atoms with Crippen molar-refractivity contribution in [1.29, 1.82) is 0 Å². The van der Waals surface area contributed by atoms with Crippen molar-refractivity contribution in [3.8, 4) is 11.8 Å². The van der Waals surface area contributed by atoms with Crippen LogP contribution in [0.1, 0.15) is 52.4 Å². The van der Waals surface area contributed by atoms with E-state index in [1.54, 1.807) is 0 Å². The summed E-state index contributed by atoms with van der Waals surface area (Å²) in [5.41, 5.74) is 0. The summed E-state index contributed by atoms with van der Waals surface area (Å²) >= 11 is 0. The van der Waals surface area contributed by atoms with Gasteiger partial charge in [0, 0.05) is 0 Å². The van der Waals surface area contributed by atoms with Crippen LogP contribution in [-0.4, -0.2) is 0 Å². The predicted octanol–water partition coefficient (Wildman–Crippen LogP) is 4.48. The van der Waals surface area contributed by atoms with E-state index in [2.05, 4.69) is 37.8 Å². The summed E-state index contributed by atoms with van der Waals surface area (Å²) < 4.78 is 0. The lowest BCUT2D eigenvalue weighted by molar-refractivity contribution is 0.815. The van der Waals surface area contributed by atoms with Gasteiger partial charge >= 0.3 is 0 Å². The minimum Gasteiger partial charge on any atom is -0.0761 e. The highest BCUT2D eigenvalue weighted by atomic mass is 13.8. The Bertz CT molecular complexity index is 188. The van der Waals surface area contributed by atoms with Gasteiger partial charge in [0.05, 0.1) is 0 Å². The third-order valence-electron chi connectivity index (χ3n) is 1.93. The largest absolute Gasteiger partial charge is 0.0761 e. The van der Waals surface area contributed by atoms with Crippen LogP contribution < -0.4 is 0 Å². The molecule has 0 aromatic heterocycles. The molecule has 0 atom stereocenters. The van der Waals surface area contributed by atoms with Crippen LogP contribution >= 0.6 is 0 Å². The van der Waals surface area contributed by atoms with Crippen molar-refractivity contribution < 1.29 is 0 Å². The van der Waals surface area contributed by atoms with Crippen molar-refractivity contribution in [2.75, 3.05) is 0 Å². The highest BCUT2D eigenvalue weighted by Gasteiger charge is 1.75. The van der Waals surface area contributed by atoms with Crippen LogP contribution in [0.3, 0.4) is 0 Å². The smallest absolute Gasteiger partial charge is 0.0155 e. The van der Waals surface area contributed by atoms with Gasteiger partial charge in [-0.05, 0) is 25.0 Å². The van der Waals surface area contributed by atoms with E-state index in [4.69, 9.17) is 0 Å². The molecule has 0 fully saturated rings. The van der Waals surface area contributed by atoms with Crippen LogP contribution in [0.5, 0.6) is 0 Å². The molecule has 0 saturated heterocycles. The van der Waals surface area contributed by atoms with Gasteiger partial charge in [-0.25, -0.2) is 0 Å². The van der Waals surface area contributed by atoms with Crippen LogP contribution in [0.25, 0.3) is 0 Å². The number of hydrogen-bond acceptors (Lipinski definition) is 0. The summed E-state index contributed by atoms with van der Waals surface area (Å²) in [7, 11) is 0. The second-order valence-electron chi connectivity index (χ2n) is 3.38. The highest BCUT2D eigenvalue weighted by Crippen LogP contribution is 1.94. The van der Waals surface area contributed by atoms with Gasteiger partial charge in [-0.3, -0.25) is 0 Å². The van der Waals surface area contributed by atoms with Crippen LogP contribution in [0.4, 0.5) is 0 Å². The Kier molecular flexibility index (Phi) is 11.2. The lowest BCUT2D eigenvalue weighted by atomic mass is 10.2. The monoisotopic (exact) mass is 190 g/mol. The topological polar surface area (TPSA) is 0 Å². The van der Waals surface area contributed by atoms with Crippen molar-refractivity contribution >= 4 is 0 Å². The lowest BCUT2D eigenvalue weighted by Gasteiger charge is -1.84. The number of hydrogen-bond donors (Lipinski definition) is 0. The normalized spacial score (nSPS) is 10.7. The molecule has 0 rings (SSSR count). The summed E-state index contributed by atoms with van der Waals surface area (Å²) in [6.07, 6.45) is 15.6. The molecule has 0 nitrogen and oxygen atoms in total. The maximum absolute atomic E-state index is 3.00. The second kappa shape index (κ2) is 12.0. The average Bonchev–Trinajstić information content (AvgIpc) is 2.21. The Morgan fingerprint density at radius 2 is 1.21 bits per heavy atom. The summed E-state index contributed by atoms with van der Waals surface area (Å²) in [5.74, 6) is 6.01. The molecule has 0 heteroatoms. The number of allylic oxidation sites excluding steroid dienone is 4. The molecule has 0 aliphatic carbocycles. The fraction of sp³-hybridized carbons (Fsp3) is 0.571. The molecule has 0 aliphatic heterocycles. The lowest BCUT2D eigenvalue weighted by Crippen LogP contribution is -1.66. The third kappa shape index (κ3) is 11.0. The summed E-state index contributed by atoms with van der Waals surface area (Å²) in [6, 6.07) is 0. The van der Waals surface area contributed by atoms with Gasteiger partial charge < -0.3 is 0 Å². The van der Waals surface area contributed by atoms with Crippen molar-refractivity contribution in [2.24, 2.45) is 0 Å². The van der Waals surface area contributed by atoms with E-state index in [9.17, 15) is 0 Å². The molecular weight excluding hydrogens is 168 g/mol. The highest BCUT2D eigenvalue weighted by molar-refractivity contribution is 5.23. The molecule has 14 heavy (non-hydrogen) atoms. The summed E-state index contributed by atoms with van der Waals surface area (Å²) in [5, 5.41) is 0. The summed E-state index contributed by atoms with van der Waals surface area (Å²) in [4.78, 5) is 0. The Hall–Kier alpha value is -0.960. The van der Waals surface area contributed by atoms with E-state index in [-0.39, 0.29) is 0 Å². The van der Waals surface area contributed by atoms with Crippen molar-refractivity contribution in [1.82, 2.24) is 0 Å². The first kappa shape index (κ1) is 13.0. The first-order chi connectivity index (χ1) is 6.91. The first-order valence-electron chi connectivity index (χ1n) is 5.72. The van der Waals surface area contributed by atoms with Crippen LogP contribution in [0.2, 0.25) is 0 Å². The molecule has 0 aromatic carbocycles. The van der Waals surface area contributed by atoms with Gasteiger partial charge in [0.2, 0.25) is 0 Å². The predicted molar refractivity (Wildman–Crippen MR) is 65.1 cm³/mol. The molecule has 0 N–H and O–H groups in total. The maximum atomic E-state index is 3.00. The minimum absolute atomic E-state index is 1.16. The molecule has 0 unspecified atom stereocenters. The number of unbranched alkanes of at least 4 members (excludes halogenated alkanes) is 4. The summed E-state index contributed by atoms with van der Waals surface area (Å²) in [6.45, 7) is 4.41. The zero-order chi connectivity index (χ0) is 10.5. The molecule has 0 heterocycles.